The molecule has 80 valence electrons. The van der Waals surface area contributed by atoms with Crippen LogP contribution in [0.5, 0.6) is 0 Å². The molecule has 1 aliphatic rings. The summed E-state index contributed by atoms with van der Waals surface area (Å²) in [4.78, 5) is 27.2. The predicted molar refractivity (Wildman–Crippen MR) is 51.3 cm³/mol. The summed E-state index contributed by atoms with van der Waals surface area (Å²) >= 11 is 0. The van der Waals surface area contributed by atoms with Gasteiger partial charge in [0.15, 0.2) is 5.82 Å². The average Bonchev–Trinajstić information content (AvgIpc) is 2.67. The van der Waals surface area contributed by atoms with E-state index in [1.807, 2.05) is 0 Å². The number of hydrogen-bond donors (Lipinski definition) is 0. The summed E-state index contributed by atoms with van der Waals surface area (Å²) < 4.78 is 6.61. The van der Waals surface area contributed by atoms with Crippen LogP contribution in [0, 0.1) is 5.92 Å². The monoisotopic (exact) mass is 208 g/mol. The van der Waals surface area contributed by atoms with Crippen LogP contribution in [0.15, 0.2) is 12.4 Å². The summed E-state index contributed by atoms with van der Waals surface area (Å²) in [5.74, 6) is -0.972. The number of ketones is 1. The molecule has 2 heterocycles. The Bertz CT molecular complexity index is 397. The van der Waals surface area contributed by atoms with Crippen LogP contribution in [0.1, 0.15) is 24.0 Å². The number of esters is 1. The minimum atomic E-state index is -0.667. The fourth-order valence-electron chi connectivity index (χ4n) is 1.74. The highest BCUT2D eigenvalue weighted by Gasteiger charge is 2.34. The summed E-state index contributed by atoms with van der Waals surface area (Å²) in [5, 5.41) is 0. The molecule has 0 aliphatic carbocycles. The average molecular weight is 208 g/mol. The molecule has 0 bridgehead atoms. The third kappa shape index (κ3) is 1.65. The summed E-state index contributed by atoms with van der Waals surface area (Å²) in [6.07, 6.45) is 3.82. The van der Waals surface area contributed by atoms with Crippen molar-refractivity contribution in [2.24, 2.45) is 5.92 Å². The largest absolute Gasteiger partial charge is 0.465 e. The number of carbonyl (C=O) groups excluding carboxylic acids is 2. The number of nitrogens with zero attached hydrogens (tertiary/aromatic N) is 2. The van der Waals surface area contributed by atoms with E-state index in [1.165, 1.54) is 0 Å². The van der Waals surface area contributed by atoms with Crippen LogP contribution in [0.3, 0.4) is 0 Å². The van der Waals surface area contributed by atoms with Crippen molar-refractivity contribution in [1.82, 2.24) is 9.55 Å². The number of carbonyl (C=O) groups is 2. The van der Waals surface area contributed by atoms with Gasteiger partial charge in [0.2, 0.25) is 5.78 Å². The molecule has 0 fully saturated rings. The fraction of sp³-hybridized carbons (Fsp3) is 0.500. The lowest BCUT2D eigenvalue weighted by Gasteiger charge is -2.20. The molecule has 0 amide bonds. The molecule has 0 radical (unpaired) electrons. The summed E-state index contributed by atoms with van der Waals surface area (Å²) in [6, 6.07) is 0. The molecule has 1 atom stereocenters. The van der Waals surface area contributed by atoms with Gasteiger partial charge in [-0.3, -0.25) is 9.59 Å². The fourth-order valence-corrected chi connectivity index (χ4v) is 1.74. The van der Waals surface area contributed by atoms with Gasteiger partial charge < -0.3 is 9.30 Å². The third-order valence-corrected chi connectivity index (χ3v) is 2.48. The molecule has 2 rings (SSSR count). The zero-order valence-corrected chi connectivity index (χ0v) is 8.47. The lowest BCUT2D eigenvalue weighted by molar-refractivity contribution is -0.146. The minimum absolute atomic E-state index is 0.232. The van der Waals surface area contributed by atoms with Gasteiger partial charge in [0.05, 0.1) is 6.61 Å². The van der Waals surface area contributed by atoms with E-state index in [4.69, 9.17) is 4.74 Å². The lowest BCUT2D eigenvalue weighted by Crippen LogP contribution is -2.33. The maximum Gasteiger partial charge on any atom is 0.317 e. The number of aromatic nitrogens is 2. The Kier molecular flexibility index (Phi) is 2.53. The van der Waals surface area contributed by atoms with Crippen LogP contribution in [-0.2, 0) is 16.1 Å². The SMILES string of the molecule is CCOC(=O)C1CCn2ccnc2C1=O. The van der Waals surface area contributed by atoms with Gasteiger partial charge in [-0.25, -0.2) is 4.98 Å². The van der Waals surface area contributed by atoms with Crippen LogP contribution >= 0.6 is 0 Å². The highest BCUT2D eigenvalue weighted by molar-refractivity contribution is 6.07. The Morgan fingerprint density at radius 2 is 2.53 bits per heavy atom. The Labute approximate surface area is 87.1 Å². The van der Waals surface area contributed by atoms with Crippen molar-refractivity contribution in [2.45, 2.75) is 19.9 Å². The van der Waals surface area contributed by atoms with Crippen LogP contribution in [0.25, 0.3) is 0 Å². The van der Waals surface area contributed by atoms with Crippen LogP contribution in [0.2, 0.25) is 0 Å². The molecule has 5 nitrogen and oxygen atoms in total. The Morgan fingerprint density at radius 1 is 1.73 bits per heavy atom. The van der Waals surface area contributed by atoms with Crippen molar-refractivity contribution in [3.63, 3.8) is 0 Å². The van der Waals surface area contributed by atoms with Crippen LogP contribution < -0.4 is 0 Å². The van der Waals surface area contributed by atoms with Gasteiger partial charge in [0.25, 0.3) is 0 Å². The molecule has 1 aromatic heterocycles. The molecular formula is C10H12N2O3. The lowest BCUT2D eigenvalue weighted by atomic mass is 9.96. The van der Waals surface area contributed by atoms with Crippen LogP contribution in [0.4, 0.5) is 0 Å². The van der Waals surface area contributed by atoms with Gasteiger partial charge in [-0.1, -0.05) is 0 Å². The number of hydrogen-bond acceptors (Lipinski definition) is 4. The number of imidazole rings is 1. The Balaban J connectivity index is 2.20. The standard InChI is InChI=1S/C10H12N2O3/c1-2-15-10(14)7-3-5-12-6-4-11-9(12)8(7)13/h4,6-7H,2-3,5H2,1H3. The van der Waals surface area contributed by atoms with Gasteiger partial charge in [-0.2, -0.15) is 0 Å². The molecule has 0 saturated heterocycles. The Morgan fingerprint density at radius 3 is 3.27 bits per heavy atom. The smallest absolute Gasteiger partial charge is 0.317 e. The molecular weight excluding hydrogens is 196 g/mol. The molecule has 5 heteroatoms. The minimum Gasteiger partial charge on any atom is -0.465 e. The van der Waals surface area contributed by atoms with E-state index >= 15 is 0 Å². The van der Waals surface area contributed by atoms with Gasteiger partial charge in [-0.05, 0) is 13.3 Å². The maximum absolute atomic E-state index is 11.8. The van der Waals surface area contributed by atoms with Gasteiger partial charge in [-0.15, -0.1) is 0 Å². The van der Waals surface area contributed by atoms with Crippen molar-refractivity contribution < 1.29 is 14.3 Å². The second-order valence-electron chi connectivity index (χ2n) is 3.40. The van der Waals surface area contributed by atoms with Crippen LogP contribution in [-0.4, -0.2) is 27.9 Å². The third-order valence-electron chi connectivity index (χ3n) is 2.48. The topological polar surface area (TPSA) is 61.2 Å². The first-order valence-corrected chi connectivity index (χ1v) is 4.96. The van der Waals surface area contributed by atoms with E-state index in [0.717, 1.165) is 0 Å². The molecule has 1 aliphatic heterocycles. The summed E-state index contributed by atoms with van der Waals surface area (Å²) in [7, 11) is 0. The number of fused-ring (bicyclic) bond motifs is 1. The Hall–Kier alpha value is -1.65. The second kappa shape index (κ2) is 3.84. The number of ether oxygens (including phenoxy) is 1. The van der Waals surface area contributed by atoms with Crippen molar-refractivity contribution in [2.75, 3.05) is 6.61 Å². The number of Topliss-reactive ketones (excluding diaryl/α,β-unsaturated/α-hetero) is 1. The summed E-state index contributed by atoms with van der Waals surface area (Å²) in [5.41, 5.74) is 0. The van der Waals surface area contributed by atoms with E-state index in [0.29, 0.717) is 25.4 Å². The quantitative estimate of drug-likeness (QED) is 0.528. The summed E-state index contributed by atoms with van der Waals surface area (Å²) in [6.45, 7) is 2.67. The van der Waals surface area contributed by atoms with E-state index in [-0.39, 0.29) is 5.78 Å². The molecule has 0 spiro atoms. The van der Waals surface area contributed by atoms with E-state index in [2.05, 4.69) is 4.98 Å². The van der Waals surface area contributed by atoms with Gasteiger partial charge in [0.1, 0.15) is 5.92 Å². The van der Waals surface area contributed by atoms with Gasteiger partial charge in [0, 0.05) is 18.9 Å². The molecule has 0 N–H and O–H groups in total. The highest BCUT2D eigenvalue weighted by atomic mass is 16.5. The number of aryl methyl sites for hydroxylation is 1. The first-order valence-electron chi connectivity index (χ1n) is 4.96. The predicted octanol–water partition coefficient (Wildman–Crippen LogP) is 0.649. The van der Waals surface area contributed by atoms with Crippen molar-refractivity contribution >= 4 is 11.8 Å². The zero-order valence-electron chi connectivity index (χ0n) is 8.47. The first kappa shape index (κ1) is 9.89. The molecule has 0 aromatic carbocycles. The van der Waals surface area contributed by atoms with Crippen molar-refractivity contribution in [1.29, 1.82) is 0 Å². The molecule has 15 heavy (non-hydrogen) atoms. The van der Waals surface area contributed by atoms with E-state index < -0.39 is 11.9 Å². The van der Waals surface area contributed by atoms with E-state index in [9.17, 15) is 9.59 Å². The second-order valence-corrected chi connectivity index (χ2v) is 3.40. The molecule has 1 unspecified atom stereocenters. The number of rotatable bonds is 2. The first-order chi connectivity index (χ1) is 7.24. The van der Waals surface area contributed by atoms with E-state index in [1.54, 1.807) is 23.9 Å². The maximum atomic E-state index is 11.8. The van der Waals surface area contributed by atoms with Gasteiger partial charge >= 0.3 is 5.97 Å². The normalized spacial score (nSPS) is 19.8. The molecule has 1 aromatic rings. The highest BCUT2D eigenvalue weighted by Crippen LogP contribution is 2.20. The molecule has 0 saturated carbocycles. The zero-order chi connectivity index (χ0) is 10.8. The van der Waals surface area contributed by atoms with Crippen molar-refractivity contribution in [3.8, 4) is 0 Å². The van der Waals surface area contributed by atoms with Crippen molar-refractivity contribution in [3.05, 3.63) is 18.2 Å².